The molecule has 2 aromatic carbocycles. The predicted octanol–water partition coefficient (Wildman–Crippen LogP) is 3.68. The molecule has 8 nitrogen and oxygen atoms in total. The molecule has 2 amide bonds. The largest absolute Gasteiger partial charge is 0.494 e. The zero-order valence-corrected chi connectivity index (χ0v) is 21.1. The van der Waals surface area contributed by atoms with Crippen molar-refractivity contribution in [1.82, 2.24) is 9.88 Å². The van der Waals surface area contributed by atoms with Gasteiger partial charge in [-0.15, -0.1) is 0 Å². The zero-order valence-electron chi connectivity index (χ0n) is 19.5. The lowest BCUT2D eigenvalue weighted by Crippen LogP contribution is -2.45. The Hall–Kier alpha value is -2.72. The molecule has 0 aliphatic carbocycles. The summed E-state index contributed by atoms with van der Waals surface area (Å²) in [7, 11) is 1.59. The highest BCUT2D eigenvalue weighted by atomic mass is 35.5. The number of hydrogen-bond acceptors (Lipinski definition) is 7. The molecule has 2 saturated heterocycles. The molecule has 0 N–H and O–H groups in total. The maximum absolute atomic E-state index is 13.9. The molecule has 0 radical (unpaired) electrons. The Morgan fingerprint density at radius 2 is 2.00 bits per heavy atom. The Bertz CT molecular complexity index is 1210. The first kappa shape index (κ1) is 24.0. The molecule has 1 unspecified atom stereocenters. The third-order valence-electron chi connectivity index (χ3n) is 6.45. The number of anilines is 2. The SMILES string of the molecule is COc1ccc(Cl)c2sc(N(CCN3CCOCC3)C(=O)C3CC(=O)N(c4ccccc4)C3)nc12. The molecule has 3 heterocycles. The van der Waals surface area contributed by atoms with Gasteiger partial charge in [-0.1, -0.05) is 41.1 Å². The third-order valence-corrected chi connectivity index (χ3v) is 7.99. The highest BCUT2D eigenvalue weighted by Gasteiger charge is 2.38. The normalized spacial score (nSPS) is 18.9. The molecule has 0 spiro atoms. The number of thiazole rings is 1. The Kier molecular flexibility index (Phi) is 7.19. The van der Waals surface area contributed by atoms with Crippen molar-refractivity contribution < 1.29 is 19.1 Å². The molecule has 3 aromatic rings. The second-order valence-corrected chi connectivity index (χ2v) is 9.99. The highest BCUT2D eigenvalue weighted by Crippen LogP contribution is 2.39. The third kappa shape index (κ3) is 4.99. The van der Waals surface area contributed by atoms with Crippen molar-refractivity contribution in [2.75, 3.05) is 62.8 Å². The average molecular weight is 515 g/mol. The Morgan fingerprint density at radius 3 is 2.74 bits per heavy atom. The Morgan fingerprint density at radius 1 is 1.23 bits per heavy atom. The molecule has 2 aliphatic rings. The van der Waals surface area contributed by atoms with E-state index >= 15 is 0 Å². The second kappa shape index (κ2) is 10.5. The van der Waals surface area contributed by atoms with Gasteiger partial charge >= 0.3 is 0 Å². The lowest BCUT2D eigenvalue weighted by molar-refractivity contribution is -0.124. The van der Waals surface area contributed by atoms with Crippen LogP contribution < -0.4 is 14.5 Å². The van der Waals surface area contributed by atoms with E-state index in [1.807, 2.05) is 30.3 Å². The van der Waals surface area contributed by atoms with Crippen LogP contribution in [0.15, 0.2) is 42.5 Å². The minimum absolute atomic E-state index is 0.0447. The molecule has 2 fully saturated rings. The standard InChI is InChI=1S/C25H27ClN4O4S/c1-33-20-8-7-19(26)23-22(20)27-25(35-23)29(10-9-28-11-13-34-14-12-28)24(32)17-15-21(31)30(16-17)18-5-3-2-4-6-18/h2-8,17H,9-16H2,1H3. The molecule has 35 heavy (non-hydrogen) atoms. The van der Waals surface area contributed by atoms with E-state index < -0.39 is 5.92 Å². The molecule has 0 saturated carbocycles. The van der Waals surface area contributed by atoms with Gasteiger partial charge in [0.25, 0.3) is 0 Å². The van der Waals surface area contributed by atoms with Crippen LogP contribution in [0.4, 0.5) is 10.8 Å². The van der Waals surface area contributed by atoms with Crippen LogP contribution in [-0.4, -0.2) is 74.7 Å². The number of ether oxygens (including phenoxy) is 2. The number of fused-ring (bicyclic) bond motifs is 1. The number of amides is 2. The van der Waals surface area contributed by atoms with Crippen LogP contribution in [-0.2, 0) is 14.3 Å². The van der Waals surface area contributed by atoms with Gasteiger partial charge < -0.3 is 14.4 Å². The van der Waals surface area contributed by atoms with Crippen molar-refractivity contribution in [2.24, 2.45) is 5.92 Å². The average Bonchev–Trinajstić information content (AvgIpc) is 3.50. The maximum Gasteiger partial charge on any atom is 0.234 e. The number of hydrogen-bond donors (Lipinski definition) is 0. The number of methoxy groups -OCH3 is 1. The van der Waals surface area contributed by atoms with Crippen molar-refractivity contribution in [3.63, 3.8) is 0 Å². The number of benzene rings is 2. The van der Waals surface area contributed by atoms with Crippen LogP contribution in [0.3, 0.4) is 0 Å². The summed E-state index contributed by atoms with van der Waals surface area (Å²) >= 11 is 7.83. The van der Waals surface area contributed by atoms with Crippen LogP contribution in [0.5, 0.6) is 5.75 Å². The van der Waals surface area contributed by atoms with Crippen LogP contribution >= 0.6 is 22.9 Å². The second-order valence-electron chi connectivity index (χ2n) is 8.61. The summed E-state index contributed by atoms with van der Waals surface area (Å²) in [6.45, 7) is 4.53. The van der Waals surface area contributed by atoms with Gasteiger partial charge in [0.2, 0.25) is 11.8 Å². The van der Waals surface area contributed by atoms with E-state index in [1.54, 1.807) is 29.0 Å². The number of carbonyl (C=O) groups is 2. The Balaban J connectivity index is 1.43. The molecule has 2 aliphatic heterocycles. The fourth-order valence-corrected chi connectivity index (χ4v) is 5.83. The molecule has 1 aromatic heterocycles. The zero-order chi connectivity index (χ0) is 24.4. The summed E-state index contributed by atoms with van der Waals surface area (Å²) in [5, 5.41) is 1.13. The maximum atomic E-state index is 13.9. The first-order valence-corrected chi connectivity index (χ1v) is 12.8. The van der Waals surface area contributed by atoms with Crippen LogP contribution in [0.1, 0.15) is 6.42 Å². The van der Waals surface area contributed by atoms with E-state index in [9.17, 15) is 9.59 Å². The van der Waals surface area contributed by atoms with Gasteiger partial charge in [-0.25, -0.2) is 4.98 Å². The summed E-state index contributed by atoms with van der Waals surface area (Å²) in [5.74, 6) is 0.0198. The van der Waals surface area contributed by atoms with Gasteiger partial charge in [0.15, 0.2) is 5.13 Å². The number of para-hydroxylation sites is 1. The molecule has 0 bridgehead atoms. The van der Waals surface area contributed by atoms with Crippen molar-refractivity contribution in [3.05, 3.63) is 47.5 Å². The van der Waals surface area contributed by atoms with Gasteiger partial charge in [-0.3, -0.25) is 19.4 Å². The fourth-order valence-electron chi connectivity index (χ4n) is 4.54. The quantitative estimate of drug-likeness (QED) is 0.479. The first-order chi connectivity index (χ1) is 17.0. The van der Waals surface area contributed by atoms with Gasteiger partial charge in [-0.05, 0) is 24.3 Å². The number of aromatic nitrogens is 1. The van der Waals surface area contributed by atoms with Gasteiger partial charge in [0.1, 0.15) is 11.3 Å². The van der Waals surface area contributed by atoms with E-state index in [1.165, 1.54) is 11.3 Å². The Labute approximate surface area is 213 Å². The van der Waals surface area contributed by atoms with E-state index in [2.05, 4.69) is 4.90 Å². The molecule has 10 heteroatoms. The summed E-state index contributed by atoms with van der Waals surface area (Å²) in [5.41, 5.74) is 1.45. The molecule has 1 atom stereocenters. The lowest BCUT2D eigenvalue weighted by atomic mass is 10.1. The summed E-state index contributed by atoms with van der Waals surface area (Å²) in [6, 6.07) is 13.0. The van der Waals surface area contributed by atoms with Crippen molar-refractivity contribution in [1.29, 1.82) is 0 Å². The van der Waals surface area contributed by atoms with Crippen molar-refractivity contribution in [2.45, 2.75) is 6.42 Å². The smallest absolute Gasteiger partial charge is 0.234 e. The van der Waals surface area contributed by atoms with Crippen molar-refractivity contribution in [3.8, 4) is 5.75 Å². The number of rotatable bonds is 7. The lowest BCUT2D eigenvalue weighted by Gasteiger charge is -2.30. The summed E-state index contributed by atoms with van der Waals surface area (Å²) < 4.78 is 11.7. The minimum Gasteiger partial charge on any atom is -0.494 e. The minimum atomic E-state index is -0.447. The molecule has 5 rings (SSSR count). The van der Waals surface area contributed by atoms with E-state index in [-0.39, 0.29) is 18.2 Å². The number of morpholine rings is 1. The van der Waals surface area contributed by atoms with Crippen molar-refractivity contribution >= 4 is 55.8 Å². The van der Waals surface area contributed by atoms with Crippen LogP contribution in [0.2, 0.25) is 5.02 Å². The van der Waals surface area contributed by atoms with Gasteiger partial charge in [0, 0.05) is 44.8 Å². The molecular weight excluding hydrogens is 488 g/mol. The molecule has 184 valence electrons. The van der Waals surface area contributed by atoms with E-state index in [4.69, 9.17) is 26.1 Å². The highest BCUT2D eigenvalue weighted by molar-refractivity contribution is 7.23. The van der Waals surface area contributed by atoms with Crippen LogP contribution in [0, 0.1) is 5.92 Å². The number of carbonyl (C=O) groups excluding carboxylic acids is 2. The van der Waals surface area contributed by atoms with Crippen LogP contribution in [0.25, 0.3) is 10.2 Å². The topological polar surface area (TPSA) is 75.2 Å². The first-order valence-electron chi connectivity index (χ1n) is 11.6. The van der Waals surface area contributed by atoms with E-state index in [0.29, 0.717) is 54.3 Å². The summed E-state index contributed by atoms with van der Waals surface area (Å²) in [6.07, 6.45) is 0.177. The molecular formula is C25H27ClN4O4S. The number of halogens is 1. The summed E-state index contributed by atoms with van der Waals surface area (Å²) in [4.78, 5) is 37.1. The van der Waals surface area contributed by atoms with Gasteiger partial charge in [-0.2, -0.15) is 0 Å². The predicted molar refractivity (Wildman–Crippen MR) is 138 cm³/mol. The monoisotopic (exact) mass is 514 g/mol. The number of nitrogens with zero attached hydrogens (tertiary/aromatic N) is 4. The fraction of sp³-hybridized carbons (Fsp3) is 0.400. The van der Waals surface area contributed by atoms with E-state index in [0.717, 1.165) is 23.5 Å². The van der Waals surface area contributed by atoms with Gasteiger partial charge in [0.05, 0.1) is 36.0 Å².